The number of hydrogen-bond donors (Lipinski definition) is 0. The molecule has 0 saturated carbocycles. The standard InChI is InChI=1S/C35H43B21O/c36-13-9(22(45)32(55)34-11(13)12-23(46)30(53)31(54)33(56)35(12)57-34)2-6-3(14(37)24(47)16(6)39)1(4-7(2)18(41)27(50)26(49)17(4)40)5-8-10(20(43)25(48)15(5)38)21(44)29(52)28(51)19(8)42/h14H,36-56H2. The van der Waals surface area contributed by atoms with Crippen LogP contribution in [0.3, 0.4) is 0 Å². The first-order chi connectivity index (χ1) is 26.6. The molecule has 0 radical (unpaired) electrons. The zero-order valence-electron chi connectivity index (χ0n) is 39.0. The SMILES string of the molecule is BC1=C(B)C(B)c2c1c(-c1c(B)c(B)c3oc4c(B)c(B)c(B)c(B)c4c3c1B)c1c(B)c(B)c(B)c(B)c1c2-c1c(B)c(B)c(B)c2c(B)c(B)c(B)c(B)c12. The molecule has 1 heterocycles. The topological polar surface area (TPSA) is 13.1 Å². The highest BCUT2D eigenvalue weighted by Gasteiger charge is 2.36. The number of rotatable bonds is 2. The number of furan rings is 1. The van der Waals surface area contributed by atoms with Gasteiger partial charge in [-0.25, -0.2) is 0 Å². The second-order valence-corrected chi connectivity index (χ2v) is 18.6. The molecule has 1 aromatic heterocycles. The maximum Gasteiger partial charge on any atom is 0.143 e. The highest BCUT2D eigenvalue weighted by molar-refractivity contribution is 6.74. The molecule has 1 aliphatic rings. The van der Waals surface area contributed by atoms with E-state index >= 15 is 0 Å². The minimum absolute atomic E-state index is 0.277. The summed E-state index contributed by atoms with van der Waals surface area (Å²) in [6.45, 7) is 0. The summed E-state index contributed by atoms with van der Waals surface area (Å²) in [5.74, 6) is 0.277. The van der Waals surface area contributed by atoms with Crippen LogP contribution in [0.4, 0.5) is 0 Å². The van der Waals surface area contributed by atoms with E-state index in [0.717, 1.165) is 11.2 Å². The number of hydrogen-bond acceptors (Lipinski definition) is 1. The first kappa shape index (κ1) is 40.5. The fourth-order valence-electron chi connectivity index (χ4n) is 11.5. The molecule has 0 spiro atoms. The van der Waals surface area contributed by atoms with Gasteiger partial charge in [0.25, 0.3) is 0 Å². The van der Waals surface area contributed by atoms with Crippen molar-refractivity contribution >= 4 is 312 Å². The quantitative estimate of drug-likeness (QED) is 0.163. The largest absolute Gasteiger partial charge is 0.457 e. The number of fused-ring (bicyclic) bond motifs is 6. The van der Waals surface area contributed by atoms with Crippen molar-refractivity contribution in [1.82, 2.24) is 0 Å². The van der Waals surface area contributed by atoms with Gasteiger partial charge >= 0.3 is 0 Å². The average Bonchev–Trinajstić information content (AvgIpc) is 3.69. The second-order valence-electron chi connectivity index (χ2n) is 18.6. The number of allylic oxidation sites excluding steroid dienone is 1. The van der Waals surface area contributed by atoms with Crippen LogP contribution >= 0.6 is 0 Å². The third-order valence-corrected chi connectivity index (χ3v) is 16.7. The Hall–Kier alpha value is -3.26. The van der Waals surface area contributed by atoms with E-state index in [1.54, 1.807) is 0 Å². The van der Waals surface area contributed by atoms with E-state index < -0.39 is 0 Å². The molecule has 6 aromatic carbocycles. The van der Waals surface area contributed by atoms with Gasteiger partial charge in [-0.3, -0.25) is 0 Å². The smallest absolute Gasteiger partial charge is 0.143 e. The molecule has 57 heavy (non-hydrogen) atoms. The van der Waals surface area contributed by atoms with E-state index in [9.17, 15) is 0 Å². The van der Waals surface area contributed by atoms with Gasteiger partial charge in [-0.2, -0.15) is 0 Å². The molecule has 1 atom stereocenters. The summed E-state index contributed by atoms with van der Waals surface area (Å²) in [7, 11) is 49.5. The van der Waals surface area contributed by atoms with E-state index in [2.05, 4.69) is 165 Å². The van der Waals surface area contributed by atoms with Gasteiger partial charge in [-0.15, -0.1) is 38.2 Å². The van der Waals surface area contributed by atoms with Crippen LogP contribution in [0.15, 0.2) is 9.89 Å². The van der Waals surface area contributed by atoms with E-state index in [1.165, 1.54) is 175 Å². The van der Waals surface area contributed by atoms with Gasteiger partial charge < -0.3 is 4.42 Å². The normalized spacial score (nSPS) is 14.1. The molecule has 252 valence electrons. The summed E-state index contributed by atoms with van der Waals surface area (Å²) in [6, 6.07) is 0. The fourth-order valence-corrected chi connectivity index (χ4v) is 11.5. The van der Waals surface area contributed by atoms with Crippen LogP contribution in [0.2, 0.25) is 0 Å². The molecule has 1 aliphatic carbocycles. The molecule has 22 heteroatoms. The predicted molar refractivity (Wildman–Crippen MR) is 322 cm³/mol. The summed E-state index contributed by atoms with van der Waals surface area (Å²) >= 11 is 0. The lowest BCUT2D eigenvalue weighted by molar-refractivity contribution is 0.675. The highest BCUT2D eigenvalue weighted by Crippen LogP contribution is 2.50. The third kappa shape index (κ3) is 5.00. The van der Waals surface area contributed by atoms with Crippen LogP contribution in [0.5, 0.6) is 0 Å². The molecule has 0 aliphatic heterocycles. The first-order valence-electron chi connectivity index (χ1n) is 21.3. The zero-order chi connectivity index (χ0) is 41.9. The van der Waals surface area contributed by atoms with Crippen LogP contribution < -0.4 is 98.3 Å². The first-order valence-corrected chi connectivity index (χ1v) is 21.3. The molecule has 8 rings (SSSR count). The lowest BCUT2D eigenvalue weighted by Gasteiger charge is -2.32. The van der Waals surface area contributed by atoms with E-state index in [0.29, 0.717) is 0 Å². The van der Waals surface area contributed by atoms with Crippen LogP contribution in [-0.4, -0.2) is 165 Å². The molecule has 0 amide bonds. The monoisotopic (exact) mass is 711 g/mol. The van der Waals surface area contributed by atoms with Gasteiger partial charge in [0.05, 0.1) is 0 Å². The lowest BCUT2D eigenvalue weighted by Crippen LogP contribution is -2.52. The van der Waals surface area contributed by atoms with Crippen molar-refractivity contribution in [3.8, 4) is 22.3 Å². The van der Waals surface area contributed by atoms with Crippen molar-refractivity contribution in [1.29, 1.82) is 0 Å². The van der Waals surface area contributed by atoms with Crippen LogP contribution in [0.25, 0.3) is 71.2 Å². The van der Waals surface area contributed by atoms with E-state index in [4.69, 9.17) is 4.42 Å². The molecule has 0 saturated heterocycles. The summed E-state index contributed by atoms with van der Waals surface area (Å²) in [6.07, 6.45) is 0. The minimum atomic E-state index is 0.277. The van der Waals surface area contributed by atoms with Crippen molar-refractivity contribution in [3.63, 3.8) is 0 Å². The molecule has 1 unspecified atom stereocenters. The van der Waals surface area contributed by atoms with Gasteiger partial charge in [-0.1, -0.05) is 71.0 Å². The van der Waals surface area contributed by atoms with Gasteiger partial charge in [0.2, 0.25) is 0 Å². The zero-order valence-corrected chi connectivity index (χ0v) is 39.0. The Morgan fingerprint density at radius 1 is 0.263 bits per heavy atom. The summed E-state index contributed by atoms with van der Waals surface area (Å²) in [5, 5.41) is 8.33. The van der Waals surface area contributed by atoms with E-state index in [1.807, 2.05) is 0 Å². The summed E-state index contributed by atoms with van der Waals surface area (Å²) < 4.78 is 6.98. The Kier molecular flexibility index (Phi) is 9.51. The summed E-state index contributed by atoms with van der Waals surface area (Å²) in [5.41, 5.74) is 38.4. The maximum absolute atomic E-state index is 6.98. The van der Waals surface area contributed by atoms with Crippen molar-refractivity contribution in [3.05, 3.63) is 16.6 Å². The van der Waals surface area contributed by atoms with Gasteiger partial charge in [0.1, 0.15) is 176 Å². The Labute approximate surface area is 359 Å². The third-order valence-electron chi connectivity index (χ3n) is 16.7. The molecule has 0 bridgehead atoms. The van der Waals surface area contributed by atoms with Crippen molar-refractivity contribution in [2.75, 3.05) is 0 Å². The maximum atomic E-state index is 6.98. The molecular formula is C35H43B21O. The Morgan fingerprint density at radius 3 is 1.09 bits per heavy atom. The Balaban J connectivity index is 1.73. The molecule has 0 fully saturated rings. The second kappa shape index (κ2) is 13.4. The Morgan fingerprint density at radius 2 is 0.596 bits per heavy atom. The lowest BCUT2D eigenvalue weighted by atomic mass is 9.56. The minimum Gasteiger partial charge on any atom is -0.457 e. The van der Waals surface area contributed by atoms with Gasteiger partial charge in [-0.05, 0) is 60.7 Å². The van der Waals surface area contributed by atoms with Crippen LogP contribution in [0, 0.1) is 0 Å². The van der Waals surface area contributed by atoms with E-state index in [-0.39, 0.29) is 5.82 Å². The number of benzene rings is 6. The summed E-state index contributed by atoms with van der Waals surface area (Å²) in [4.78, 5) is 0. The van der Waals surface area contributed by atoms with Gasteiger partial charge in [0, 0.05) is 10.8 Å². The van der Waals surface area contributed by atoms with Crippen LogP contribution in [-0.2, 0) is 0 Å². The molecule has 1 nitrogen and oxygen atoms in total. The fraction of sp³-hybridized carbons (Fsp3) is 0.0286. The van der Waals surface area contributed by atoms with Crippen molar-refractivity contribution < 1.29 is 4.42 Å². The average molecular weight is 707 g/mol. The van der Waals surface area contributed by atoms with Crippen molar-refractivity contribution in [2.45, 2.75) is 5.82 Å². The molecular weight excluding hydrogens is 663 g/mol. The highest BCUT2D eigenvalue weighted by atomic mass is 16.3. The van der Waals surface area contributed by atoms with Gasteiger partial charge in [0.15, 0.2) is 0 Å². The Bertz CT molecular complexity index is 3140. The molecule has 7 aromatic rings. The van der Waals surface area contributed by atoms with Crippen molar-refractivity contribution in [2.24, 2.45) is 0 Å². The molecule has 0 N–H and O–H groups in total. The predicted octanol–water partition coefficient (Wildman–Crippen LogP) is -24.5. The van der Waals surface area contributed by atoms with Crippen LogP contribution in [0.1, 0.15) is 16.9 Å².